The van der Waals surface area contributed by atoms with Gasteiger partial charge in [-0.05, 0) is 49.8 Å². The van der Waals surface area contributed by atoms with E-state index < -0.39 is 5.97 Å². The first-order valence-electron chi connectivity index (χ1n) is 7.57. The highest BCUT2D eigenvalue weighted by Gasteiger charge is 2.40. The fourth-order valence-corrected chi connectivity index (χ4v) is 3.12. The minimum atomic E-state index is -0.766. The van der Waals surface area contributed by atoms with Crippen molar-refractivity contribution in [3.8, 4) is 0 Å². The van der Waals surface area contributed by atoms with Crippen LogP contribution in [0.5, 0.6) is 0 Å². The second-order valence-corrected chi connectivity index (χ2v) is 6.10. The molecule has 2 atom stereocenters. The second-order valence-electron chi connectivity index (χ2n) is 6.10. The third-order valence-corrected chi connectivity index (χ3v) is 4.50. The van der Waals surface area contributed by atoms with Gasteiger partial charge in [0.05, 0.1) is 5.92 Å². The third-order valence-electron chi connectivity index (χ3n) is 4.50. The van der Waals surface area contributed by atoms with Gasteiger partial charge in [-0.1, -0.05) is 0 Å². The quantitative estimate of drug-likeness (QED) is 0.900. The molecular weight excluding hydrogens is 268 g/mol. The fraction of sp³-hybridized carbons (Fsp3) is 0.562. The minimum Gasteiger partial charge on any atom is -0.481 e. The van der Waals surface area contributed by atoms with E-state index >= 15 is 0 Å². The number of nitrogens with zero attached hydrogens (tertiary/aromatic N) is 2. The predicted octanol–water partition coefficient (Wildman–Crippen LogP) is 2.07. The number of carboxylic acid groups (broad SMARTS) is 1. The lowest BCUT2D eigenvalue weighted by Crippen LogP contribution is -2.36. The summed E-state index contributed by atoms with van der Waals surface area (Å²) >= 11 is 0. The average Bonchev–Trinajstić information content (AvgIpc) is 3.20. The summed E-state index contributed by atoms with van der Waals surface area (Å²) in [5.41, 5.74) is 1.08. The zero-order valence-electron chi connectivity index (χ0n) is 11.9. The molecule has 0 bridgehead atoms. The Balaban J connectivity index is 1.67. The highest BCUT2D eigenvalue weighted by molar-refractivity contribution is 5.81. The van der Waals surface area contributed by atoms with E-state index in [1.165, 1.54) is 0 Å². The van der Waals surface area contributed by atoms with Crippen molar-refractivity contribution in [1.29, 1.82) is 0 Å². The minimum absolute atomic E-state index is 0.117. The summed E-state index contributed by atoms with van der Waals surface area (Å²) in [6.45, 7) is 0.611. The summed E-state index contributed by atoms with van der Waals surface area (Å²) in [6.07, 6.45) is 7.42. The van der Waals surface area contributed by atoms with Crippen LogP contribution in [0.1, 0.15) is 37.7 Å². The van der Waals surface area contributed by atoms with Gasteiger partial charge in [-0.15, -0.1) is 0 Å². The Labute approximate surface area is 124 Å². The van der Waals surface area contributed by atoms with Crippen molar-refractivity contribution in [3.63, 3.8) is 0 Å². The summed E-state index contributed by atoms with van der Waals surface area (Å²) in [7, 11) is 0. The molecule has 0 unspecified atom stereocenters. The summed E-state index contributed by atoms with van der Waals surface area (Å²) in [4.78, 5) is 29.7. The molecule has 1 aromatic rings. The Kier molecular flexibility index (Phi) is 3.90. The molecule has 2 saturated carbocycles. The van der Waals surface area contributed by atoms with Crippen molar-refractivity contribution in [2.75, 3.05) is 0 Å². The van der Waals surface area contributed by atoms with Gasteiger partial charge in [-0.3, -0.25) is 14.6 Å². The SMILES string of the molecule is O=C(O)[C@H]1CC[C@@H](C(=O)N(Cc2ccncc2)C2CC2)C1. The number of carboxylic acids is 1. The maximum absolute atomic E-state index is 12.7. The van der Waals surface area contributed by atoms with Crippen LogP contribution in [-0.2, 0) is 16.1 Å². The van der Waals surface area contributed by atoms with Crippen molar-refractivity contribution >= 4 is 11.9 Å². The van der Waals surface area contributed by atoms with Gasteiger partial charge in [0.2, 0.25) is 5.91 Å². The molecule has 5 nitrogen and oxygen atoms in total. The van der Waals surface area contributed by atoms with Gasteiger partial charge in [-0.2, -0.15) is 0 Å². The number of aromatic nitrogens is 1. The van der Waals surface area contributed by atoms with Crippen LogP contribution in [0.25, 0.3) is 0 Å². The molecule has 1 aromatic heterocycles. The maximum Gasteiger partial charge on any atom is 0.306 e. The topological polar surface area (TPSA) is 70.5 Å². The molecule has 0 aliphatic heterocycles. The van der Waals surface area contributed by atoms with E-state index in [1.54, 1.807) is 12.4 Å². The van der Waals surface area contributed by atoms with E-state index in [4.69, 9.17) is 5.11 Å². The van der Waals surface area contributed by atoms with Crippen LogP contribution in [0.2, 0.25) is 0 Å². The molecule has 0 aromatic carbocycles. The van der Waals surface area contributed by atoms with Crippen LogP contribution in [0.3, 0.4) is 0 Å². The number of carbonyl (C=O) groups excluding carboxylic acids is 1. The van der Waals surface area contributed by atoms with Crippen LogP contribution in [0, 0.1) is 11.8 Å². The third kappa shape index (κ3) is 3.23. The lowest BCUT2D eigenvalue weighted by molar-refractivity contribution is -0.141. The maximum atomic E-state index is 12.7. The number of carbonyl (C=O) groups is 2. The standard InChI is InChI=1S/C16H20N2O3/c19-15(12-1-2-13(9-12)16(20)21)18(14-3-4-14)10-11-5-7-17-8-6-11/h5-8,12-14H,1-4,9-10H2,(H,20,21)/t12-,13+/m1/s1. The highest BCUT2D eigenvalue weighted by Crippen LogP contribution is 2.36. The van der Waals surface area contributed by atoms with Crippen molar-refractivity contribution in [2.45, 2.75) is 44.7 Å². The van der Waals surface area contributed by atoms with E-state index in [0.717, 1.165) is 18.4 Å². The Hall–Kier alpha value is -1.91. The number of amides is 1. The summed E-state index contributed by atoms with van der Waals surface area (Å²) in [5, 5.41) is 9.08. The molecule has 2 fully saturated rings. The zero-order valence-corrected chi connectivity index (χ0v) is 11.9. The van der Waals surface area contributed by atoms with E-state index in [2.05, 4.69) is 4.98 Å². The van der Waals surface area contributed by atoms with Gasteiger partial charge >= 0.3 is 5.97 Å². The lowest BCUT2D eigenvalue weighted by Gasteiger charge is -2.25. The summed E-state index contributed by atoms with van der Waals surface area (Å²) in [5.74, 6) is -1.09. The number of rotatable bonds is 5. The Bertz CT molecular complexity index is 528. The second kappa shape index (κ2) is 5.84. The molecule has 2 aliphatic rings. The van der Waals surface area contributed by atoms with Crippen molar-refractivity contribution < 1.29 is 14.7 Å². The first-order chi connectivity index (χ1) is 10.1. The van der Waals surface area contributed by atoms with Crippen LogP contribution in [0.15, 0.2) is 24.5 Å². The van der Waals surface area contributed by atoms with Crippen LogP contribution < -0.4 is 0 Å². The highest BCUT2D eigenvalue weighted by atomic mass is 16.4. The first kappa shape index (κ1) is 14.0. The molecule has 0 spiro atoms. The number of hydrogen-bond acceptors (Lipinski definition) is 3. The number of pyridine rings is 1. The Morgan fingerprint density at radius 2 is 1.81 bits per heavy atom. The van der Waals surface area contributed by atoms with Gasteiger partial charge in [0.1, 0.15) is 0 Å². The molecule has 5 heteroatoms. The molecule has 1 heterocycles. The monoisotopic (exact) mass is 288 g/mol. The lowest BCUT2D eigenvalue weighted by atomic mass is 10.0. The van der Waals surface area contributed by atoms with Gasteiger partial charge in [0.15, 0.2) is 0 Å². The van der Waals surface area contributed by atoms with Crippen molar-refractivity contribution in [2.24, 2.45) is 11.8 Å². The molecule has 1 N–H and O–H groups in total. The normalized spacial score (nSPS) is 24.8. The number of aliphatic carboxylic acids is 1. The van der Waals surface area contributed by atoms with Crippen LogP contribution in [0.4, 0.5) is 0 Å². The summed E-state index contributed by atoms with van der Waals surface area (Å²) < 4.78 is 0. The molecular formula is C16H20N2O3. The van der Waals surface area contributed by atoms with Gasteiger partial charge in [0.25, 0.3) is 0 Å². The van der Waals surface area contributed by atoms with E-state index in [9.17, 15) is 9.59 Å². The molecule has 112 valence electrons. The summed E-state index contributed by atoms with van der Waals surface area (Å²) in [6, 6.07) is 4.20. The largest absolute Gasteiger partial charge is 0.481 e. The smallest absolute Gasteiger partial charge is 0.306 e. The number of hydrogen-bond donors (Lipinski definition) is 1. The van der Waals surface area contributed by atoms with E-state index in [-0.39, 0.29) is 17.7 Å². The van der Waals surface area contributed by atoms with Gasteiger partial charge in [-0.25, -0.2) is 0 Å². The van der Waals surface area contributed by atoms with Gasteiger partial charge < -0.3 is 10.0 Å². The molecule has 0 saturated heterocycles. The fourth-order valence-electron chi connectivity index (χ4n) is 3.12. The Morgan fingerprint density at radius 3 is 2.38 bits per heavy atom. The average molecular weight is 288 g/mol. The van der Waals surface area contributed by atoms with Crippen LogP contribution >= 0.6 is 0 Å². The zero-order chi connectivity index (χ0) is 14.8. The first-order valence-corrected chi connectivity index (χ1v) is 7.57. The van der Waals surface area contributed by atoms with E-state index in [1.807, 2.05) is 17.0 Å². The van der Waals surface area contributed by atoms with Crippen molar-refractivity contribution in [1.82, 2.24) is 9.88 Å². The van der Waals surface area contributed by atoms with Crippen LogP contribution in [-0.4, -0.2) is 32.9 Å². The molecule has 0 radical (unpaired) electrons. The molecule has 1 amide bonds. The van der Waals surface area contributed by atoms with Crippen molar-refractivity contribution in [3.05, 3.63) is 30.1 Å². The van der Waals surface area contributed by atoms with Gasteiger partial charge in [0, 0.05) is 30.9 Å². The Morgan fingerprint density at radius 1 is 1.14 bits per heavy atom. The molecule has 21 heavy (non-hydrogen) atoms. The molecule has 3 rings (SSSR count). The predicted molar refractivity (Wildman–Crippen MR) is 76.3 cm³/mol. The van der Waals surface area contributed by atoms with E-state index in [0.29, 0.717) is 31.8 Å². The molecule has 2 aliphatic carbocycles.